The molecule has 4 heterocycles. The highest BCUT2D eigenvalue weighted by atomic mass is 35.5. The molecule has 3 aliphatic rings. The van der Waals surface area contributed by atoms with Crippen LogP contribution in [0.5, 0.6) is 0 Å². The van der Waals surface area contributed by atoms with Gasteiger partial charge in [-0.2, -0.15) is 0 Å². The molecule has 2 aromatic rings. The molecule has 1 N–H and O–H groups in total. The highest BCUT2D eigenvalue weighted by molar-refractivity contribution is 5.95. The first-order valence-corrected chi connectivity index (χ1v) is 8.06. The number of aryl methyl sites for hydroxylation is 1. The van der Waals surface area contributed by atoms with E-state index >= 15 is 0 Å². The van der Waals surface area contributed by atoms with Gasteiger partial charge in [-0.25, -0.2) is 4.39 Å². The molecule has 5 nitrogen and oxygen atoms in total. The van der Waals surface area contributed by atoms with Gasteiger partial charge in [-0.05, 0) is 49.2 Å². The number of benzene rings is 1. The number of hydrogen-bond donors (Lipinski definition) is 1. The lowest BCUT2D eigenvalue weighted by atomic mass is 9.91. The smallest absolute Gasteiger partial charge is 0.268 e. The third kappa shape index (κ3) is 3.07. The van der Waals surface area contributed by atoms with Gasteiger partial charge in [0.1, 0.15) is 11.4 Å². The normalized spacial score (nSPS) is 21.3. The lowest BCUT2D eigenvalue weighted by molar-refractivity contribution is 0.0471. The van der Waals surface area contributed by atoms with Crippen LogP contribution in [0.25, 0.3) is 5.69 Å². The molecule has 2 atom stereocenters. The van der Waals surface area contributed by atoms with Gasteiger partial charge in [0, 0.05) is 37.1 Å². The van der Waals surface area contributed by atoms with Gasteiger partial charge in [-0.1, -0.05) is 0 Å². The van der Waals surface area contributed by atoms with Crippen LogP contribution in [0.15, 0.2) is 41.3 Å². The van der Waals surface area contributed by atoms with Crippen LogP contribution < -0.4 is 10.9 Å². The fourth-order valence-corrected chi connectivity index (χ4v) is 3.53. The Balaban J connectivity index is 0.00000182. The summed E-state index contributed by atoms with van der Waals surface area (Å²) in [5.41, 5.74) is 1.04. The van der Waals surface area contributed by atoms with E-state index in [0.29, 0.717) is 36.4 Å². The van der Waals surface area contributed by atoms with Crippen molar-refractivity contribution in [2.24, 2.45) is 0 Å². The molecule has 1 amide bonds. The quantitative estimate of drug-likeness (QED) is 0.886. The van der Waals surface area contributed by atoms with Crippen LogP contribution >= 0.6 is 12.4 Å². The SMILES string of the molecule is Cc1ccn(-c2ccc(F)cc2)c(=O)c1C(=O)N1CC2CC(C1)N2.Cl. The highest BCUT2D eigenvalue weighted by Crippen LogP contribution is 2.22. The molecule has 1 aromatic heterocycles. The van der Waals surface area contributed by atoms with E-state index in [1.165, 1.54) is 28.8 Å². The number of carbonyl (C=O) groups excluding carboxylic acids is 1. The van der Waals surface area contributed by atoms with Gasteiger partial charge in [0.2, 0.25) is 0 Å². The summed E-state index contributed by atoms with van der Waals surface area (Å²) in [4.78, 5) is 27.5. The number of halogens is 2. The second-order valence-electron chi connectivity index (χ2n) is 6.53. The summed E-state index contributed by atoms with van der Waals surface area (Å²) in [5, 5.41) is 3.37. The van der Waals surface area contributed by atoms with Crippen molar-refractivity contribution in [3.8, 4) is 5.69 Å². The van der Waals surface area contributed by atoms with Crippen molar-refractivity contribution < 1.29 is 9.18 Å². The van der Waals surface area contributed by atoms with Crippen molar-refractivity contribution >= 4 is 18.3 Å². The zero-order valence-corrected chi connectivity index (χ0v) is 14.6. The number of carbonyl (C=O) groups is 1. The lowest BCUT2D eigenvalue weighted by Gasteiger charge is -2.48. The average molecular weight is 364 g/mol. The number of aromatic nitrogens is 1. The molecule has 132 valence electrons. The third-order valence-corrected chi connectivity index (χ3v) is 4.83. The first-order valence-electron chi connectivity index (χ1n) is 8.06. The van der Waals surface area contributed by atoms with Crippen LogP contribution in [0.2, 0.25) is 0 Å². The predicted octanol–water partition coefficient (Wildman–Crippen LogP) is 1.89. The second-order valence-corrected chi connectivity index (χ2v) is 6.53. The van der Waals surface area contributed by atoms with Gasteiger partial charge in [0.05, 0.1) is 0 Å². The molecular weight excluding hydrogens is 345 g/mol. The van der Waals surface area contributed by atoms with Gasteiger partial charge in [0.25, 0.3) is 11.5 Å². The van der Waals surface area contributed by atoms with E-state index in [1.54, 1.807) is 24.1 Å². The number of hydrogen-bond acceptors (Lipinski definition) is 3. The highest BCUT2D eigenvalue weighted by Gasteiger charge is 2.39. The number of piperazine rings is 1. The van der Waals surface area contributed by atoms with Gasteiger partial charge >= 0.3 is 0 Å². The molecule has 0 radical (unpaired) electrons. The molecule has 2 unspecified atom stereocenters. The number of nitrogens with one attached hydrogen (secondary N) is 1. The van der Waals surface area contributed by atoms with E-state index in [9.17, 15) is 14.0 Å². The standard InChI is InChI=1S/C18H18FN3O2.ClH/c1-11-6-7-22(15-4-2-12(19)3-5-15)18(24)16(11)17(23)21-9-13-8-14(10-21)20-13;/h2-7,13-14,20H,8-10H2,1H3;1H. The number of rotatable bonds is 2. The van der Waals surface area contributed by atoms with E-state index < -0.39 is 0 Å². The molecular formula is C18H19ClFN3O2. The first-order chi connectivity index (χ1) is 11.5. The van der Waals surface area contributed by atoms with E-state index in [1.807, 2.05) is 0 Å². The van der Waals surface area contributed by atoms with Crippen LogP contribution in [-0.2, 0) is 0 Å². The Morgan fingerprint density at radius 1 is 1.16 bits per heavy atom. The number of fused-ring (bicyclic) bond motifs is 2. The Labute approximate surface area is 150 Å². The second kappa shape index (κ2) is 6.61. The minimum Gasteiger partial charge on any atom is -0.335 e. The molecule has 0 saturated carbocycles. The van der Waals surface area contributed by atoms with E-state index in [2.05, 4.69) is 5.32 Å². The van der Waals surface area contributed by atoms with Crippen LogP contribution in [-0.4, -0.2) is 40.5 Å². The van der Waals surface area contributed by atoms with Crippen molar-refractivity contribution in [3.05, 3.63) is 63.8 Å². The van der Waals surface area contributed by atoms with E-state index in [-0.39, 0.29) is 35.3 Å². The molecule has 25 heavy (non-hydrogen) atoms. The van der Waals surface area contributed by atoms with Crippen molar-refractivity contribution in [1.82, 2.24) is 14.8 Å². The Kier molecular flexibility index (Phi) is 4.67. The fourth-order valence-electron chi connectivity index (χ4n) is 3.53. The van der Waals surface area contributed by atoms with Crippen molar-refractivity contribution in [2.75, 3.05) is 13.1 Å². The first kappa shape index (κ1) is 17.6. The maximum atomic E-state index is 13.1. The molecule has 5 rings (SSSR count). The minimum atomic E-state index is -0.366. The van der Waals surface area contributed by atoms with Gasteiger partial charge < -0.3 is 10.2 Å². The zero-order valence-electron chi connectivity index (χ0n) is 13.7. The number of amides is 1. The summed E-state index contributed by atoms with van der Waals surface area (Å²) in [5.74, 6) is -0.583. The maximum absolute atomic E-state index is 13.1. The predicted molar refractivity (Wildman–Crippen MR) is 95.2 cm³/mol. The Morgan fingerprint density at radius 3 is 2.36 bits per heavy atom. The monoisotopic (exact) mass is 363 g/mol. The zero-order chi connectivity index (χ0) is 16.8. The van der Waals surface area contributed by atoms with Crippen molar-refractivity contribution in [1.29, 1.82) is 0 Å². The van der Waals surface area contributed by atoms with E-state index in [0.717, 1.165) is 6.42 Å². The summed E-state index contributed by atoms with van der Waals surface area (Å²) in [6.07, 6.45) is 2.72. The number of pyridine rings is 1. The number of piperidine rings is 1. The molecule has 3 aliphatic heterocycles. The molecule has 3 saturated heterocycles. The van der Waals surface area contributed by atoms with E-state index in [4.69, 9.17) is 0 Å². The Bertz CT molecular complexity index is 850. The van der Waals surface area contributed by atoms with Crippen LogP contribution in [0, 0.1) is 12.7 Å². The largest absolute Gasteiger partial charge is 0.335 e. The number of nitrogens with zero attached hydrogens (tertiary/aromatic N) is 2. The Hall–Kier alpha value is -2.18. The summed E-state index contributed by atoms with van der Waals surface area (Å²) in [7, 11) is 0. The molecule has 1 aromatic carbocycles. The molecule has 7 heteroatoms. The molecule has 0 aliphatic carbocycles. The average Bonchev–Trinajstić information content (AvgIpc) is 2.55. The summed E-state index contributed by atoms with van der Waals surface area (Å²) in [6.45, 7) is 3.05. The van der Waals surface area contributed by atoms with Crippen molar-refractivity contribution in [2.45, 2.75) is 25.4 Å². The maximum Gasteiger partial charge on any atom is 0.268 e. The van der Waals surface area contributed by atoms with Gasteiger partial charge in [0.15, 0.2) is 0 Å². The van der Waals surface area contributed by atoms with Crippen molar-refractivity contribution in [3.63, 3.8) is 0 Å². The Morgan fingerprint density at radius 2 is 1.76 bits per heavy atom. The fraction of sp³-hybridized carbons (Fsp3) is 0.333. The minimum absolute atomic E-state index is 0. The third-order valence-electron chi connectivity index (χ3n) is 4.83. The van der Waals surface area contributed by atoms with Gasteiger partial charge in [-0.15, -0.1) is 12.4 Å². The molecule has 2 bridgehead atoms. The molecule has 0 spiro atoms. The van der Waals surface area contributed by atoms with Crippen LogP contribution in [0.4, 0.5) is 4.39 Å². The van der Waals surface area contributed by atoms with Gasteiger partial charge in [-0.3, -0.25) is 14.2 Å². The summed E-state index contributed by atoms with van der Waals surface area (Å²) in [6, 6.07) is 8.09. The van der Waals surface area contributed by atoms with Crippen LogP contribution in [0.3, 0.4) is 0 Å². The molecule has 3 fully saturated rings. The topological polar surface area (TPSA) is 54.3 Å². The lowest BCUT2D eigenvalue weighted by Crippen LogP contribution is -2.67. The summed E-state index contributed by atoms with van der Waals surface area (Å²) >= 11 is 0. The van der Waals surface area contributed by atoms with Crippen LogP contribution in [0.1, 0.15) is 22.3 Å². The summed E-state index contributed by atoms with van der Waals surface area (Å²) < 4.78 is 14.5.